The summed E-state index contributed by atoms with van der Waals surface area (Å²) in [5.74, 6) is 0.117. The number of rotatable bonds is 5. The van der Waals surface area contributed by atoms with Crippen LogP contribution in [0.2, 0.25) is 5.02 Å². The molecule has 1 aliphatic carbocycles. The molecule has 1 amide bonds. The molecule has 1 aliphatic rings. The lowest BCUT2D eigenvalue weighted by Crippen LogP contribution is -2.44. The molecule has 0 heterocycles. The van der Waals surface area contributed by atoms with E-state index in [-0.39, 0.29) is 11.4 Å². The van der Waals surface area contributed by atoms with Crippen molar-refractivity contribution in [2.75, 3.05) is 13.6 Å². The van der Waals surface area contributed by atoms with Gasteiger partial charge in [-0.15, -0.1) is 0 Å². The molecule has 2 N–H and O–H groups in total. The number of hydrogen-bond donors (Lipinski definition) is 2. The van der Waals surface area contributed by atoms with Crippen molar-refractivity contribution in [1.29, 1.82) is 0 Å². The van der Waals surface area contributed by atoms with Crippen molar-refractivity contribution in [2.45, 2.75) is 37.6 Å². The van der Waals surface area contributed by atoms with Crippen molar-refractivity contribution in [1.82, 2.24) is 10.6 Å². The van der Waals surface area contributed by atoms with Crippen LogP contribution >= 0.6 is 11.6 Å². The molecule has 1 aromatic rings. The summed E-state index contributed by atoms with van der Waals surface area (Å²) in [4.78, 5) is 12.0. The van der Waals surface area contributed by atoms with Crippen molar-refractivity contribution in [3.8, 4) is 0 Å². The highest BCUT2D eigenvalue weighted by Gasteiger charge is 2.36. The molecular weight excluding hydrogens is 260 g/mol. The van der Waals surface area contributed by atoms with E-state index in [1.807, 2.05) is 31.3 Å². The molecule has 3 nitrogen and oxygen atoms in total. The number of carbonyl (C=O) groups is 1. The molecular formula is C15H21ClN2O. The molecule has 0 radical (unpaired) electrons. The second kappa shape index (κ2) is 6.40. The Bertz CT molecular complexity index is 424. The van der Waals surface area contributed by atoms with Crippen LogP contribution in [0.25, 0.3) is 0 Å². The van der Waals surface area contributed by atoms with Crippen LogP contribution in [0.4, 0.5) is 0 Å². The molecule has 1 saturated carbocycles. The number of halogens is 1. The van der Waals surface area contributed by atoms with E-state index in [9.17, 15) is 4.79 Å². The van der Waals surface area contributed by atoms with E-state index < -0.39 is 0 Å². The van der Waals surface area contributed by atoms with Gasteiger partial charge in [0.15, 0.2) is 0 Å². The lowest BCUT2D eigenvalue weighted by Gasteiger charge is -2.31. The van der Waals surface area contributed by atoms with Crippen LogP contribution in [0.3, 0.4) is 0 Å². The van der Waals surface area contributed by atoms with Gasteiger partial charge in [-0.3, -0.25) is 4.79 Å². The van der Waals surface area contributed by atoms with E-state index in [1.54, 1.807) is 0 Å². The predicted molar refractivity (Wildman–Crippen MR) is 78.3 cm³/mol. The van der Waals surface area contributed by atoms with Crippen molar-refractivity contribution < 1.29 is 4.79 Å². The Morgan fingerprint density at radius 1 is 1.26 bits per heavy atom. The van der Waals surface area contributed by atoms with Crippen LogP contribution in [-0.2, 0) is 10.3 Å². The van der Waals surface area contributed by atoms with Crippen molar-refractivity contribution in [2.24, 2.45) is 0 Å². The van der Waals surface area contributed by atoms with E-state index in [0.717, 1.165) is 30.7 Å². The van der Waals surface area contributed by atoms with Crippen LogP contribution in [0, 0.1) is 0 Å². The topological polar surface area (TPSA) is 41.1 Å². The Labute approximate surface area is 119 Å². The molecule has 0 bridgehead atoms. The van der Waals surface area contributed by atoms with E-state index in [4.69, 9.17) is 11.6 Å². The first-order chi connectivity index (χ1) is 9.16. The second-order valence-corrected chi connectivity index (χ2v) is 5.63. The molecule has 4 heteroatoms. The van der Waals surface area contributed by atoms with Crippen molar-refractivity contribution in [3.05, 3.63) is 34.9 Å². The van der Waals surface area contributed by atoms with Gasteiger partial charge in [-0.1, -0.05) is 36.6 Å². The molecule has 0 aliphatic heterocycles. The Hall–Kier alpha value is -1.06. The normalized spacial score (nSPS) is 17.4. The maximum atomic E-state index is 12.0. The average Bonchev–Trinajstić information content (AvgIpc) is 2.86. The zero-order valence-corrected chi connectivity index (χ0v) is 12.1. The summed E-state index contributed by atoms with van der Waals surface area (Å²) < 4.78 is 0. The fraction of sp³-hybridized carbons (Fsp3) is 0.533. The largest absolute Gasteiger partial charge is 0.347 e. The van der Waals surface area contributed by atoms with Gasteiger partial charge in [0, 0.05) is 18.0 Å². The molecule has 0 atom stereocenters. The fourth-order valence-electron chi connectivity index (χ4n) is 2.80. The molecule has 0 saturated heterocycles. The van der Waals surface area contributed by atoms with E-state index in [2.05, 4.69) is 10.6 Å². The molecule has 19 heavy (non-hydrogen) atoms. The lowest BCUT2D eigenvalue weighted by atomic mass is 9.88. The molecule has 0 spiro atoms. The number of hydrogen-bond acceptors (Lipinski definition) is 2. The van der Waals surface area contributed by atoms with Crippen molar-refractivity contribution >= 4 is 17.5 Å². The number of nitrogens with one attached hydrogen (secondary N) is 2. The van der Waals surface area contributed by atoms with E-state index in [1.165, 1.54) is 5.56 Å². The van der Waals surface area contributed by atoms with Crippen LogP contribution in [0.15, 0.2) is 24.3 Å². The first-order valence-electron chi connectivity index (χ1n) is 6.88. The van der Waals surface area contributed by atoms with Gasteiger partial charge in [0.2, 0.25) is 5.91 Å². The Kier molecular flexibility index (Phi) is 4.83. The quantitative estimate of drug-likeness (QED) is 0.871. The van der Waals surface area contributed by atoms with Crippen LogP contribution in [-0.4, -0.2) is 19.5 Å². The average molecular weight is 281 g/mol. The minimum absolute atomic E-state index is 0.117. The molecule has 104 valence electrons. The van der Waals surface area contributed by atoms with Crippen LogP contribution in [0.5, 0.6) is 0 Å². The first-order valence-corrected chi connectivity index (χ1v) is 7.26. The monoisotopic (exact) mass is 280 g/mol. The molecule has 2 rings (SSSR count). The Balaban J connectivity index is 2.13. The predicted octanol–water partition coefficient (Wildman–Crippen LogP) is 2.84. The van der Waals surface area contributed by atoms with Gasteiger partial charge in [-0.25, -0.2) is 0 Å². The third-order valence-corrected chi connectivity index (χ3v) is 4.09. The highest BCUT2D eigenvalue weighted by Crippen LogP contribution is 2.39. The van der Waals surface area contributed by atoms with Crippen LogP contribution < -0.4 is 10.6 Å². The van der Waals surface area contributed by atoms with Gasteiger partial charge in [-0.05, 0) is 37.6 Å². The maximum Gasteiger partial charge on any atom is 0.221 e. The van der Waals surface area contributed by atoms with E-state index in [0.29, 0.717) is 13.0 Å². The third kappa shape index (κ3) is 3.48. The highest BCUT2D eigenvalue weighted by atomic mass is 35.5. The molecule has 0 aromatic heterocycles. The van der Waals surface area contributed by atoms with Crippen molar-refractivity contribution in [3.63, 3.8) is 0 Å². The third-order valence-electron chi connectivity index (χ3n) is 3.83. The zero-order chi connectivity index (χ0) is 13.7. The Morgan fingerprint density at radius 2 is 1.89 bits per heavy atom. The van der Waals surface area contributed by atoms with Gasteiger partial charge in [0.05, 0.1) is 5.54 Å². The van der Waals surface area contributed by atoms with Gasteiger partial charge >= 0.3 is 0 Å². The minimum atomic E-state index is -0.185. The second-order valence-electron chi connectivity index (χ2n) is 5.20. The van der Waals surface area contributed by atoms with Gasteiger partial charge in [-0.2, -0.15) is 0 Å². The summed E-state index contributed by atoms with van der Waals surface area (Å²) in [7, 11) is 1.86. The van der Waals surface area contributed by atoms with Gasteiger partial charge in [0.25, 0.3) is 0 Å². The van der Waals surface area contributed by atoms with E-state index >= 15 is 0 Å². The summed E-state index contributed by atoms with van der Waals surface area (Å²) in [6, 6.07) is 7.87. The lowest BCUT2D eigenvalue weighted by molar-refractivity contribution is -0.123. The number of benzene rings is 1. The van der Waals surface area contributed by atoms with Crippen LogP contribution in [0.1, 0.15) is 37.7 Å². The van der Waals surface area contributed by atoms with Gasteiger partial charge < -0.3 is 10.6 Å². The molecule has 0 unspecified atom stereocenters. The zero-order valence-electron chi connectivity index (χ0n) is 11.3. The fourth-order valence-corrected chi connectivity index (χ4v) is 2.93. The minimum Gasteiger partial charge on any atom is -0.347 e. The summed E-state index contributed by atoms with van der Waals surface area (Å²) in [6.07, 6.45) is 4.87. The first kappa shape index (κ1) is 14.4. The van der Waals surface area contributed by atoms with Gasteiger partial charge in [0.1, 0.15) is 0 Å². The standard InChI is InChI=1S/C15H21ClN2O/c1-17-11-8-14(19)18-15(9-2-3-10-15)12-4-6-13(16)7-5-12/h4-7,17H,2-3,8-11H2,1H3,(H,18,19). The molecule has 1 fully saturated rings. The number of amides is 1. The summed E-state index contributed by atoms with van der Waals surface area (Å²) in [6.45, 7) is 0.711. The summed E-state index contributed by atoms with van der Waals surface area (Å²) in [5, 5.41) is 6.98. The SMILES string of the molecule is CNCCC(=O)NC1(c2ccc(Cl)cc2)CCCC1. The number of carbonyl (C=O) groups excluding carboxylic acids is 1. The highest BCUT2D eigenvalue weighted by molar-refractivity contribution is 6.30. The molecule has 1 aromatic carbocycles. The maximum absolute atomic E-state index is 12.0. The smallest absolute Gasteiger partial charge is 0.221 e. The Morgan fingerprint density at radius 3 is 2.47 bits per heavy atom. The summed E-state index contributed by atoms with van der Waals surface area (Å²) >= 11 is 5.94. The summed E-state index contributed by atoms with van der Waals surface area (Å²) in [5.41, 5.74) is 0.988.